The Hall–Kier alpha value is -1.06. The number of rotatable bonds is 5. The number of ether oxygens (including phenoxy) is 2. The van der Waals surface area contributed by atoms with Crippen LogP contribution >= 0.6 is 0 Å². The van der Waals surface area contributed by atoms with Gasteiger partial charge in [0.05, 0.1) is 5.92 Å². The quantitative estimate of drug-likeness (QED) is 0.553. The molecule has 0 aromatic carbocycles. The molecule has 0 aliphatic heterocycles. The number of carbonyl (C=O) groups excluding carboxylic acids is 2. The molecule has 4 heteroatoms. The van der Waals surface area contributed by atoms with E-state index in [0.717, 1.165) is 51.4 Å². The molecule has 3 aliphatic rings. The van der Waals surface area contributed by atoms with E-state index in [4.69, 9.17) is 9.47 Å². The summed E-state index contributed by atoms with van der Waals surface area (Å²) in [6.07, 6.45) is 14.6. The second-order valence-corrected chi connectivity index (χ2v) is 10.1. The van der Waals surface area contributed by atoms with Crippen molar-refractivity contribution < 1.29 is 19.1 Å². The van der Waals surface area contributed by atoms with Crippen molar-refractivity contribution in [1.29, 1.82) is 0 Å². The van der Waals surface area contributed by atoms with Gasteiger partial charge in [0.15, 0.2) is 0 Å². The van der Waals surface area contributed by atoms with E-state index in [1.165, 1.54) is 39.0 Å². The van der Waals surface area contributed by atoms with Crippen LogP contribution in [-0.2, 0) is 19.1 Å². The monoisotopic (exact) mass is 392 g/mol. The van der Waals surface area contributed by atoms with Gasteiger partial charge in [0.1, 0.15) is 12.2 Å². The van der Waals surface area contributed by atoms with Crippen molar-refractivity contribution in [2.45, 2.75) is 116 Å². The topological polar surface area (TPSA) is 52.6 Å². The molecule has 160 valence electrons. The predicted octanol–water partition coefficient (Wildman–Crippen LogP) is 5.82. The van der Waals surface area contributed by atoms with Gasteiger partial charge in [-0.25, -0.2) is 0 Å². The molecule has 4 nitrogen and oxygen atoms in total. The Morgan fingerprint density at radius 2 is 1.14 bits per heavy atom. The summed E-state index contributed by atoms with van der Waals surface area (Å²) in [5, 5.41) is 0. The average Bonchev–Trinajstić information content (AvgIpc) is 2.69. The van der Waals surface area contributed by atoms with Gasteiger partial charge in [0.25, 0.3) is 0 Å². The van der Waals surface area contributed by atoms with E-state index in [1.54, 1.807) is 0 Å². The third kappa shape index (κ3) is 5.51. The molecular weight excluding hydrogens is 352 g/mol. The van der Waals surface area contributed by atoms with Crippen LogP contribution in [-0.4, -0.2) is 24.1 Å². The molecule has 0 saturated heterocycles. The highest BCUT2D eigenvalue weighted by Gasteiger charge is 2.41. The van der Waals surface area contributed by atoms with Crippen LogP contribution in [0.25, 0.3) is 0 Å². The Labute approximate surface area is 171 Å². The zero-order valence-corrected chi connectivity index (χ0v) is 18.2. The fourth-order valence-electron chi connectivity index (χ4n) is 6.02. The molecule has 0 bridgehead atoms. The van der Waals surface area contributed by atoms with Gasteiger partial charge >= 0.3 is 11.9 Å². The van der Waals surface area contributed by atoms with E-state index in [9.17, 15) is 9.59 Å². The summed E-state index contributed by atoms with van der Waals surface area (Å²) in [5.41, 5.74) is 0.305. The lowest BCUT2D eigenvalue weighted by molar-refractivity contribution is -0.157. The lowest BCUT2D eigenvalue weighted by Gasteiger charge is -2.46. The second-order valence-electron chi connectivity index (χ2n) is 10.1. The van der Waals surface area contributed by atoms with E-state index in [0.29, 0.717) is 17.3 Å². The van der Waals surface area contributed by atoms with E-state index >= 15 is 0 Å². The van der Waals surface area contributed by atoms with Gasteiger partial charge in [-0.05, 0) is 81.5 Å². The zero-order valence-electron chi connectivity index (χ0n) is 18.2. The molecule has 0 radical (unpaired) electrons. The van der Waals surface area contributed by atoms with Crippen molar-refractivity contribution in [1.82, 2.24) is 0 Å². The first kappa shape index (κ1) is 21.6. The Kier molecular flexibility index (Phi) is 7.44. The molecule has 0 atom stereocenters. The fraction of sp³-hybridized carbons (Fsp3) is 0.917. The van der Waals surface area contributed by atoms with Crippen LogP contribution in [0.1, 0.15) is 104 Å². The van der Waals surface area contributed by atoms with Crippen LogP contribution in [0.4, 0.5) is 0 Å². The van der Waals surface area contributed by atoms with Crippen molar-refractivity contribution in [3.05, 3.63) is 0 Å². The highest BCUT2D eigenvalue weighted by Crippen LogP contribution is 2.49. The minimum atomic E-state index is -0.149. The van der Waals surface area contributed by atoms with Gasteiger partial charge in [-0.3, -0.25) is 9.59 Å². The molecule has 3 saturated carbocycles. The standard InChI is InChI=1S/C24H40O4/c1-17(25)27-21-13-9-19(10-14-21)24(2,3)20-11-15-22(16-12-20)28-23(26)18-7-5-4-6-8-18/h18-22H,4-16H2,1-3H3. The molecule has 3 rings (SSSR count). The molecule has 0 unspecified atom stereocenters. The Morgan fingerprint density at radius 3 is 1.61 bits per heavy atom. The van der Waals surface area contributed by atoms with Crippen molar-refractivity contribution in [3.8, 4) is 0 Å². The summed E-state index contributed by atoms with van der Waals surface area (Å²) < 4.78 is 11.3. The molecule has 0 N–H and O–H groups in total. The summed E-state index contributed by atoms with van der Waals surface area (Å²) >= 11 is 0. The van der Waals surface area contributed by atoms with Crippen LogP contribution in [0.2, 0.25) is 0 Å². The second kappa shape index (κ2) is 9.63. The van der Waals surface area contributed by atoms with E-state index in [1.807, 2.05) is 0 Å². The van der Waals surface area contributed by atoms with Gasteiger partial charge in [-0.1, -0.05) is 33.1 Å². The number of carbonyl (C=O) groups is 2. The van der Waals surface area contributed by atoms with E-state index in [-0.39, 0.29) is 30.1 Å². The van der Waals surface area contributed by atoms with Gasteiger partial charge in [-0.2, -0.15) is 0 Å². The maximum Gasteiger partial charge on any atom is 0.309 e. The van der Waals surface area contributed by atoms with Crippen LogP contribution in [0, 0.1) is 23.2 Å². The average molecular weight is 393 g/mol. The summed E-state index contributed by atoms with van der Waals surface area (Å²) in [5.74, 6) is 1.49. The third-order valence-corrected chi connectivity index (χ3v) is 8.01. The first-order valence-corrected chi connectivity index (χ1v) is 11.7. The Bertz CT molecular complexity index is 519. The van der Waals surface area contributed by atoms with Crippen molar-refractivity contribution >= 4 is 11.9 Å². The van der Waals surface area contributed by atoms with Crippen LogP contribution in [0.5, 0.6) is 0 Å². The zero-order chi connectivity index (χ0) is 20.1. The molecule has 0 heterocycles. The van der Waals surface area contributed by atoms with Crippen molar-refractivity contribution in [2.24, 2.45) is 23.2 Å². The largest absolute Gasteiger partial charge is 0.463 e. The summed E-state index contributed by atoms with van der Waals surface area (Å²) in [6.45, 7) is 6.38. The SMILES string of the molecule is CC(=O)OC1CCC(C(C)(C)C2CCC(OC(=O)C3CCCCC3)CC2)CC1. The van der Waals surface area contributed by atoms with Crippen LogP contribution in [0.15, 0.2) is 0 Å². The summed E-state index contributed by atoms with van der Waals surface area (Å²) in [4.78, 5) is 23.6. The molecular formula is C24H40O4. The molecule has 0 amide bonds. The molecule has 0 spiro atoms. The van der Waals surface area contributed by atoms with Gasteiger partial charge in [0.2, 0.25) is 0 Å². The molecule has 3 fully saturated rings. The Balaban J connectivity index is 1.43. The smallest absolute Gasteiger partial charge is 0.309 e. The van der Waals surface area contributed by atoms with Gasteiger partial charge in [0, 0.05) is 6.92 Å². The van der Waals surface area contributed by atoms with E-state index in [2.05, 4.69) is 13.8 Å². The lowest BCUT2D eigenvalue weighted by atomic mass is 9.60. The molecule has 0 aromatic heterocycles. The number of esters is 2. The maximum atomic E-state index is 12.4. The van der Waals surface area contributed by atoms with Crippen LogP contribution in [0.3, 0.4) is 0 Å². The highest BCUT2D eigenvalue weighted by molar-refractivity contribution is 5.72. The van der Waals surface area contributed by atoms with Crippen LogP contribution < -0.4 is 0 Å². The maximum absolute atomic E-state index is 12.4. The predicted molar refractivity (Wildman–Crippen MR) is 110 cm³/mol. The minimum Gasteiger partial charge on any atom is -0.463 e. The first-order chi connectivity index (χ1) is 13.4. The molecule has 28 heavy (non-hydrogen) atoms. The molecule has 3 aliphatic carbocycles. The van der Waals surface area contributed by atoms with Gasteiger partial charge < -0.3 is 9.47 Å². The number of hydrogen-bond acceptors (Lipinski definition) is 4. The third-order valence-electron chi connectivity index (χ3n) is 8.01. The van der Waals surface area contributed by atoms with Crippen molar-refractivity contribution in [3.63, 3.8) is 0 Å². The van der Waals surface area contributed by atoms with E-state index < -0.39 is 0 Å². The highest BCUT2D eigenvalue weighted by atomic mass is 16.5. The Morgan fingerprint density at radius 1 is 0.679 bits per heavy atom. The normalized spacial score (nSPS) is 32.5. The summed E-state index contributed by atoms with van der Waals surface area (Å²) in [6, 6.07) is 0. The lowest BCUT2D eigenvalue weighted by Crippen LogP contribution is -2.39. The number of hydrogen-bond donors (Lipinski definition) is 0. The van der Waals surface area contributed by atoms with Crippen molar-refractivity contribution in [2.75, 3.05) is 0 Å². The van der Waals surface area contributed by atoms with Gasteiger partial charge in [-0.15, -0.1) is 0 Å². The summed E-state index contributed by atoms with van der Waals surface area (Å²) in [7, 11) is 0. The fourth-order valence-corrected chi connectivity index (χ4v) is 6.02. The molecule has 0 aromatic rings. The first-order valence-electron chi connectivity index (χ1n) is 11.7. The minimum absolute atomic E-state index is 0.0752.